The van der Waals surface area contributed by atoms with E-state index in [0.29, 0.717) is 6.04 Å². The summed E-state index contributed by atoms with van der Waals surface area (Å²) in [4.78, 5) is 12.3. The number of rotatable bonds is 4. The lowest BCUT2D eigenvalue weighted by molar-refractivity contribution is -0.127. The molecule has 3 fully saturated rings. The summed E-state index contributed by atoms with van der Waals surface area (Å²) in [6, 6.07) is 2.79. The molecule has 2 atom stereocenters. The van der Waals surface area contributed by atoms with Crippen LogP contribution in [0.2, 0.25) is 0 Å². The molecule has 0 spiro atoms. The molecule has 3 saturated carbocycles. The van der Waals surface area contributed by atoms with Gasteiger partial charge in [-0.2, -0.15) is 5.26 Å². The summed E-state index contributed by atoms with van der Waals surface area (Å²) in [5, 5.41) is 12.3. The largest absolute Gasteiger partial charge is 0.353 e. The van der Waals surface area contributed by atoms with E-state index < -0.39 is 0 Å². The molecule has 3 rings (SSSR count). The van der Waals surface area contributed by atoms with Crippen molar-refractivity contribution in [3.8, 4) is 6.07 Å². The summed E-state index contributed by atoms with van der Waals surface area (Å²) in [6.07, 6.45) is 8.97. The van der Waals surface area contributed by atoms with Crippen LogP contribution in [0.25, 0.3) is 0 Å². The van der Waals surface area contributed by atoms with Gasteiger partial charge >= 0.3 is 0 Å². The second-order valence-corrected chi connectivity index (χ2v) is 6.40. The van der Waals surface area contributed by atoms with E-state index >= 15 is 0 Å². The van der Waals surface area contributed by atoms with E-state index in [0.717, 1.165) is 37.5 Å². The molecule has 3 aliphatic carbocycles. The molecule has 2 unspecified atom stereocenters. The number of hydrogen-bond acceptors (Lipinski definition) is 2. The van der Waals surface area contributed by atoms with Crippen molar-refractivity contribution in [2.75, 3.05) is 0 Å². The Balaban J connectivity index is 1.55. The van der Waals surface area contributed by atoms with Crippen LogP contribution in [0, 0.1) is 35.0 Å². The molecule has 0 aromatic carbocycles. The number of nitrogens with zero attached hydrogens (tertiary/aromatic N) is 1. The van der Waals surface area contributed by atoms with Gasteiger partial charge in [0.2, 0.25) is 5.91 Å². The first kappa shape index (κ1) is 12.0. The Morgan fingerprint density at radius 2 is 1.78 bits per heavy atom. The molecule has 3 heteroatoms. The number of hydrogen-bond donors (Lipinski definition) is 1. The van der Waals surface area contributed by atoms with Gasteiger partial charge in [0.15, 0.2) is 0 Å². The fourth-order valence-electron chi connectivity index (χ4n) is 3.36. The maximum Gasteiger partial charge on any atom is 0.223 e. The molecule has 0 radical (unpaired) electrons. The van der Waals surface area contributed by atoms with Crippen molar-refractivity contribution >= 4 is 5.91 Å². The van der Waals surface area contributed by atoms with E-state index in [1.54, 1.807) is 0 Å². The summed E-state index contributed by atoms with van der Waals surface area (Å²) in [6.45, 7) is 0. The molecule has 18 heavy (non-hydrogen) atoms. The van der Waals surface area contributed by atoms with E-state index in [1.165, 1.54) is 25.7 Å². The molecule has 0 aliphatic heterocycles. The van der Waals surface area contributed by atoms with Gasteiger partial charge in [-0.15, -0.1) is 0 Å². The van der Waals surface area contributed by atoms with Crippen molar-refractivity contribution in [2.45, 2.75) is 57.4 Å². The van der Waals surface area contributed by atoms with Crippen LogP contribution in [0.5, 0.6) is 0 Å². The van der Waals surface area contributed by atoms with Crippen LogP contribution in [0.15, 0.2) is 0 Å². The Labute approximate surface area is 109 Å². The maximum absolute atomic E-state index is 12.3. The van der Waals surface area contributed by atoms with Crippen LogP contribution >= 0.6 is 0 Å². The molecule has 98 valence electrons. The van der Waals surface area contributed by atoms with Gasteiger partial charge in [0.1, 0.15) is 0 Å². The van der Waals surface area contributed by atoms with E-state index in [-0.39, 0.29) is 17.7 Å². The van der Waals surface area contributed by atoms with Crippen LogP contribution < -0.4 is 5.32 Å². The zero-order valence-electron chi connectivity index (χ0n) is 10.9. The van der Waals surface area contributed by atoms with Gasteiger partial charge in [0, 0.05) is 17.9 Å². The minimum atomic E-state index is 0.100. The van der Waals surface area contributed by atoms with Crippen LogP contribution in [-0.4, -0.2) is 11.9 Å². The molecular formula is C15H22N2O. The maximum atomic E-state index is 12.3. The normalized spacial score (nSPS) is 32.0. The highest BCUT2D eigenvalue weighted by Gasteiger charge is 2.43. The number of nitrogens with one attached hydrogen (secondary N) is 1. The third-order valence-electron chi connectivity index (χ3n) is 4.80. The number of carbonyl (C=O) groups is 1. The van der Waals surface area contributed by atoms with Crippen molar-refractivity contribution in [2.24, 2.45) is 23.7 Å². The molecule has 1 amide bonds. The van der Waals surface area contributed by atoms with Gasteiger partial charge in [0.25, 0.3) is 0 Å². The highest BCUT2D eigenvalue weighted by atomic mass is 16.1. The molecule has 0 aromatic rings. The first-order valence-corrected chi connectivity index (χ1v) is 7.48. The van der Waals surface area contributed by atoms with E-state index in [1.807, 2.05) is 0 Å². The van der Waals surface area contributed by atoms with Gasteiger partial charge < -0.3 is 5.32 Å². The van der Waals surface area contributed by atoms with E-state index in [2.05, 4.69) is 11.4 Å². The summed E-state index contributed by atoms with van der Waals surface area (Å²) >= 11 is 0. The van der Waals surface area contributed by atoms with Crippen molar-refractivity contribution in [1.29, 1.82) is 5.26 Å². The molecule has 0 aromatic heterocycles. The van der Waals surface area contributed by atoms with Gasteiger partial charge in [0.05, 0.1) is 6.07 Å². The van der Waals surface area contributed by atoms with E-state index in [4.69, 9.17) is 5.26 Å². The molecule has 3 nitrogen and oxygen atoms in total. The van der Waals surface area contributed by atoms with Crippen LogP contribution in [0.4, 0.5) is 0 Å². The summed E-state index contributed by atoms with van der Waals surface area (Å²) < 4.78 is 0. The Hall–Kier alpha value is -1.04. The highest BCUT2D eigenvalue weighted by molar-refractivity contribution is 5.79. The van der Waals surface area contributed by atoms with Gasteiger partial charge in [-0.25, -0.2) is 0 Å². The zero-order chi connectivity index (χ0) is 12.5. The highest BCUT2D eigenvalue weighted by Crippen LogP contribution is 2.44. The Bertz CT molecular complexity index is 353. The van der Waals surface area contributed by atoms with Crippen LogP contribution in [0.3, 0.4) is 0 Å². The average Bonchev–Trinajstić information content (AvgIpc) is 3.29. The standard InChI is InChI=1S/C15H22N2O/c16-9-10-2-1-3-13(8-10)15(18)17-14(11-4-5-11)12-6-7-12/h10-14H,1-8H2,(H,17,18). The third-order valence-corrected chi connectivity index (χ3v) is 4.80. The fraction of sp³-hybridized carbons (Fsp3) is 0.867. The monoisotopic (exact) mass is 246 g/mol. The molecular weight excluding hydrogens is 224 g/mol. The molecule has 0 heterocycles. The summed E-state index contributed by atoms with van der Waals surface area (Å²) in [5.41, 5.74) is 0. The predicted molar refractivity (Wildman–Crippen MR) is 68.4 cm³/mol. The minimum absolute atomic E-state index is 0.100. The predicted octanol–water partition coefficient (Wildman–Crippen LogP) is 2.62. The van der Waals surface area contributed by atoms with Crippen molar-refractivity contribution in [3.63, 3.8) is 0 Å². The van der Waals surface area contributed by atoms with Crippen molar-refractivity contribution in [1.82, 2.24) is 5.32 Å². The smallest absolute Gasteiger partial charge is 0.223 e. The van der Waals surface area contributed by atoms with Crippen LogP contribution in [-0.2, 0) is 4.79 Å². The quantitative estimate of drug-likeness (QED) is 0.829. The second-order valence-electron chi connectivity index (χ2n) is 6.40. The fourth-order valence-corrected chi connectivity index (χ4v) is 3.36. The topological polar surface area (TPSA) is 52.9 Å². The van der Waals surface area contributed by atoms with E-state index in [9.17, 15) is 4.79 Å². The number of carbonyl (C=O) groups excluding carboxylic acids is 1. The molecule has 0 saturated heterocycles. The second kappa shape index (κ2) is 4.91. The van der Waals surface area contributed by atoms with Crippen molar-refractivity contribution < 1.29 is 4.79 Å². The number of nitriles is 1. The summed E-state index contributed by atoms with van der Waals surface area (Å²) in [7, 11) is 0. The van der Waals surface area contributed by atoms with Crippen LogP contribution in [0.1, 0.15) is 51.4 Å². The lowest BCUT2D eigenvalue weighted by atomic mass is 9.81. The molecule has 1 N–H and O–H groups in total. The first-order valence-electron chi connectivity index (χ1n) is 7.48. The van der Waals surface area contributed by atoms with Gasteiger partial charge in [-0.1, -0.05) is 6.42 Å². The SMILES string of the molecule is N#CC1CCCC(C(=O)NC(C2CC2)C2CC2)C1. The molecule has 3 aliphatic rings. The zero-order valence-corrected chi connectivity index (χ0v) is 10.9. The Kier molecular flexibility index (Phi) is 3.28. The lowest BCUT2D eigenvalue weighted by Gasteiger charge is -2.27. The lowest BCUT2D eigenvalue weighted by Crippen LogP contribution is -2.42. The van der Waals surface area contributed by atoms with Gasteiger partial charge in [-0.05, 0) is 56.8 Å². The first-order chi connectivity index (χ1) is 8.78. The minimum Gasteiger partial charge on any atom is -0.353 e. The molecule has 0 bridgehead atoms. The Morgan fingerprint density at radius 3 is 2.33 bits per heavy atom. The van der Waals surface area contributed by atoms with Crippen molar-refractivity contribution in [3.05, 3.63) is 0 Å². The van der Waals surface area contributed by atoms with Gasteiger partial charge in [-0.3, -0.25) is 4.79 Å². The average molecular weight is 246 g/mol. The third kappa shape index (κ3) is 2.68. The summed E-state index contributed by atoms with van der Waals surface area (Å²) in [5.74, 6) is 1.96. The number of amides is 1. The Morgan fingerprint density at radius 1 is 1.11 bits per heavy atom.